The van der Waals surface area contributed by atoms with Gasteiger partial charge in [0.05, 0.1) is 19.5 Å². The highest BCUT2D eigenvalue weighted by Gasteiger charge is 2.38. The van der Waals surface area contributed by atoms with Crippen LogP contribution in [0.2, 0.25) is 19.6 Å². The average molecular weight is 652 g/mol. The quantitative estimate of drug-likeness (QED) is 0.168. The molecule has 0 saturated heterocycles. The maximum atomic E-state index is 5.02. The fourth-order valence-corrected chi connectivity index (χ4v) is 7.83. The molecule has 1 aliphatic rings. The third-order valence-electron chi connectivity index (χ3n) is 9.58. The largest absolute Gasteiger partial charge is 0.254 e. The van der Waals surface area contributed by atoms with E-state index in [4.69, 9.17) is 24.9 Å². The van der Waals surface area contributed by atoms with Crippen molar-refractivity contribution in [3.05, 3.63) is 145 Å². The van der Waals surface area contributed by atoms with Gasteiger partial charge in [-0.3, -0.25) is 9.97 Å². The van der Waals surface area contributed by atoms with Crippen molar-refractivity contribution in [1.82, 2.24) is 24.9 Å². The van der Waals surface area contributed by atoms with E-state index in [0.29, 0.717) is 17.5 Å². The van der Waals surface area contributed by atoms with Crippen LogP contribution in [-0.4, -0.2) is 33.0 Å². The molecule has 0 N–H and O–H groups in total. The molecule has 0 saturated carbocycles. The van der Waals surface area contributed by atoms with Gasteiger partial charge in [-0.15, -0.1) is 0 Å². The first-order valence-corrected chi connectivity index (χ1v) is 20.3. The predicted molar refractivity (Wildman–Crippen MR) is 203 cm³/mol. The van der Waals surface area contributed by atoms with Gasteiger partial charge in [-0.25, -0.2) is 15.0 Å². The summed E-state index contributed by atoms with van der Waals surface area (Å²) in [5, 5.41) is 1.46. The van der Waals surface area contributed by atoms with Crippen molar-refractivity contribution in [3.8, 4) is 67.8 Å². The van der Waals surface area contributed by atoms with Crippen LogP contribution in [0.15, 0.2) is 134 Å². The van der Waals surface area contributed by atoms with Gasteiger partial charge in [-0.2, -0.15) is 0 Å². The second kappa shape index (κ2) is 11.8. The first-order chi connectivity index (χ1) is 23.6. The molecule has 4 aromatic carbocycles. The van der Waals surface area contributed by atoms with Gasteiger partial charge in [0.15, 0.2) is 17.5 Å². The second-order valence-electron chi connectivity index (χ2n) is 14.3. The lowest BCUT2D eigenvalue weighted by atomic mass is 9.82. The zero-order chi connectivity index (χ0) is 33.8. The molecule has 0 radical (unpaired) electrons. The molecule has 238 valence electrons. The molecule has 1 aliphatic carbocycles. The fourth-order valence-electron chi connectivity index (χ4n) is 6.66. The normalized spacial score (nSPS) is 13.2. The molecule has 5 nitrogen and oxygen atoms in total. The summed E-state index contributed by atoms with van der Waals surface area (Å²) in [6, 6.07) is 42.2. The Morgan fingerprint density at radius 3 is 1.39 bits per heavy atom. The Kier molecular flexibility index (Phi) is 7.42. The van der Waals surface area contributed by atoms with E-state index in [0.717, 1.165) is 44.8 Å². The third kappa shape index (κ3) is 5.68. The standard InChI is InChI=1S/C43H37N5Si/c1-43(2)36-24-33(28-19-21-35(22-20-28)49(3,4)5)26-44-38(36)39-37(43)25-34(27-45-39)31-17-12-18-32(23-31)42-47-40(29-13-8-6-9-14-29)46-41(48-42)30-15-10-7-11-16-30/h6-27H,1-5H3. The highest BCUT2D eigenvalue weighted by molar-refractivity contribution is 6.88. The number of aromatic nitrogens is 5. The Hall–Kier alpha value is -5.59. The van der Waals surface area contributed by atoms with Gasteiger partial charge in [0.25, 0.3) is 0 Å². The summed E-state index contributed by atoms with van der Waals surface area (Å²) >= 11 is 0. The van der Waals surface area contributed by atoms with Crippen molar-refractivity contribution in [3.63, 3.8) is 0 Å². The maximum Gasteiger partial charge on any atom is 0.164 e. The number of rotatable bonds is 6. The van der Waals surface area contributed by atoms with Crippen LogP contribution in [0, 0.1) is 0 Å². The second-order valence-corrected chi connectivity index (χ2v) is 19.4. The van der Waals surface area contributed by atoms with Gasteiger partial charge in [0.2, 0.25) is 0 Å². The lowest BCUT2D eigenvalue weighted by molar-refractivity contribution is 0.658. The minimum absolute atomic E-state index is 0.254. The highest BCUT2D eigenvalue weighted by atomic mass is 28.3. The van der Waals surface area contributed by atoms with Crippen molar-refractivity contribution >= 4 is 13.3 Å². The van der Waals surface area contributed by atoms with Crippen molar-refractivity contribution in [2.24, 2.45) is 0 Å². The third-order valence-corrected chi connectivity index (χ3v) is 11.6. The van der Waals surface area contributed by atoms with E-state index in [1.807, 2.05) is 73.1 Å². The molecule has 0 aliphatic heterocycles. The first kappa shape index (κ1) is 30.7. The summed E-state index contributed by atoms with van der Waals surface area (Å²) in [5.41, 5.74) is 11.3. The van der Waals surface area contributed by atoms with Crippen molar-refractivity contribution < 1.29 is 0 Å². The summed E-state index contributed by atoms with van der Waals surface area (Å²) in [6.07, 6.45) is 3.96. The van der Waals surface area contributed by atoms with E-state index in [-0.39, 0.29) is 5.41 Å². The molecule has 0 amide bonds. The highest BCUT2D eigenvalue weighted by Crippen LogP contribution is 2.48. The van der Waals surface area contributed by atoms with Crippen LogP contribution in [0.5, 0.6) is 0 Å². The van der Waals surface area contributed by atoms with E-state index in [9.17, 15) is 0 Å². The molecule has 3 heterocycles. The van der Waals surface area contributed by atoms with E-state index < -0.39 is 8.07 Å². The van der Waals surface area contributed by atoms with Crippen LogP contribution in [0.3, 0.4) is 0 Å². The van der Waals surface area contributed by atoms with E-state index >= 15 is 0 Å². The molecular weight excluding hydrogens is 615 g/mol. The molecule has 49 heavy (non-hydrogen) atoms. The zero-order valence-electron chi connectivity index (χ0n) is 28.4. The lowest BCUT2D eigenvalue weighted by Gasteiger charge is -2.22. The number of fused-ring (bicyclic) bond motifs is 3. The molecular formula is C43H37N5Si. The number of pyridine rings is 2. The Morgan fingerprint density at radius 2 is 0.878 bits per heavy atom. The van der Waals surface area contributed by atoms with Crippen LogP contribution in [0.4, 0.5) is 0 Å². The van der Waals surface area contributed by atoms with Gasteiger partial charge in [0.1, 0.15) is 0 Å². The Labute approximate surface area is 288 Å². The lowest BCUT2D eigenvalue weighted by Crippen LogP contribution is -2.37. The van der Waals surface area contributed by atoms with Crippen LogP contribution in [0.1, 0.15) is 25.0 Å². The minimum Gasteiger partial charge on any atom is -0.254 e. The molecule has 0 fully saturated rings. The van der Waals surface area contributed by atoms with E-state index in [2.05, 4.69) is 94.2 Å². The van der Waals surface area contributed by atoms with Gasteiger partial charge >= 0.3 is 0 Å². The minimum atomic E-state index is -1.36. The molecule has 7 aromatic rings. The number of benzene rings is 4. The molecule has 0 unspecified atom stereocenters. The van der Waals surface area contributed by atoms with Gasteiger partial charge in [-0.05, 0) is 40.5 Å². The Balaban J connectivity index is 1.16. The summed E-state index contributed by atoms with van der Waals surface area (Å²) in [7, 11) is -1.36. The van der Waals surface area contributed by atoms with E-state index in [1.165, 1.54) is 21.9 Å². The molecule has 0 atom stereocenters. The van der Waals surface area contributed by atoms with Crippen molar-refractivity contribution in [1.29, 1.82) is 0 Å². The monoisotopic (exact) mass is 651 g/mol. The van der Waals surface area contributed by atoms with E-state index in [1.54, 1.807) is 0 Å². The average Bonchev–Trinajstić information content (AvgIpc) is 3.37. The molecule has 6 heteroatoms. The smallest absolute Gasteiger partial charge is 0.164 e. The summed E-state index contributed by atoms with van der Waals surface area (Å²) in [5.74, 6) is 1.92. The first-order valence-electron chi connectivity index (χ1n) is 16.8. The molecule has 3 aromatic heterocycles. The summed E-state index contributed by atoms with van der Waals surface area (Å²) in [6.45, 7) is 11.7. The molecule has 0 bridgehead atoms. The number of hydrogen-bond donors (Lipinski definition) is 0. The van der Waals surface area contributed by atoms with Gasteiger partial charge in [-0.1, -0.05) is 142 Å². The maximum absolute atomic E-state index is 5.02. The molecule has 0 spiro atoms. The SMILES string of the molecule is CC1(C)c2cc(-c3ccc([Si](C)(C)C)cc3)cnc2-c2ncc(-c3cccc(-c4nc(-c5ccccc5)nc(-c5ccccc5)n4)c3)cc21. The summed E-state index contributed by atoms with van der Waals surface area (Å²) < 4.78 is 0. The topological polar surface area (TPSA) is 64.5 Å². The summed E-state index contributed by atoms with van der Waals surface area (Å²) in [4.78, 5) is 24.8. The van der Waals surface area contributed by atoms with Crippen molar-refractivity contribution in [2.75, 3.05) is 0 Å². The Morgan fingerprint density at radius 1 is 0.429 bits per heavy atom. The van der Waals surface area contributed by atoms with Gasteiger partial charge in [0, 0.05) is 45.6 Å². The fraction of sp³-hybridized carbons (Fsp3) is 0.140. The molecule has 8 rings (SSSR count). The van der Waals surface area contributed by atoms with Crippen LogP contribution >= 0.6 is 0 Å². The van der Waals surface area contributed by atoms with Gasteiger partial charge < -0.3 is 0 Å². The van der Waals surface area contributed by atoms with Crippen LogP contribution in [0.25, 0.3) is 67.8 Å². The number of nitrogens with zero attached hydrogens (tertiary/aromatic N) is 5. The van der Waals surface area contributed by atoms with Crippen LogP contribution in [-0.2, 0) is 5.41 Å². The predicted octanol–water partition coefficient (Wildman–Crippen LogP) is 9.85. The van der Waals surface area contributed by atoms with Crippen molar-refractivity contribution in [2.45, 2.75) is 38.9 Å². The number of hydrogen-bond acceptors (Lipinski definition) is 5. The Bertz CT molecular complexity index is 2270. The zero-order valence-corrected chi connectivity index (χ0v) is 29.4. The van der Waals surface area contributed by atoms with Crippen LogP contribution < -0.4 is 5.19 Å².